The molecule has 2 aromatic carbocycles. The maximum atomic E-state index is 14.5. The molecule has 0 spiro atoms. The van der Waals surface area contributed by atoms with E-state index in [1.807, 2.05) is 18.0 Å². The van der Waals surface area contributed by atoms with Crippen molar-refractivity contribution in [3.63, 3.8) is 0 Å². The van der Waals surface area contributed by atoms with Gasteiger partial charge in [-0.2, -0.15) is 0 Å². The summed E-state index contributed by atoms with van der Waals surface area (Å²) in [7, 11) is -1.82. The van der Waals surface area contributed by atoms with Crippen LogP contribution in [0.15, 0.2) is 45.8 Å². The number of sulfonamides is 1. The molecular weight excluding hydrogens is 493 g/mol. The number of hydrogen-bond acceptors (Lipinski definition) is 3. The summed E-state index contributed by atoms with van der Waals surface area (Å²) in [4.78, 5) is 5.19. The summed E-state index contributed by atoms with van der Waals surface area (Å²) in [6, 6.07) is 9.15. The Morgan fingerprint density at radius 2 is 2.00 bits per heavy atom. The lowest BCUT2D eigenvalue weighted by Crippen LogP contribution is -2.26. The standard InChI is InChI=1S/C21H20BrClFN3O2S/c1-3-10-27(2)13-20-17(18-11-14(22)12-19(24)21(18)26-20)8-9-25-30(28,29)16-6-4-15(23)5-7-16/h1,4-7,11-12,25-26H,8-10,13H2,2H3. The van der Waals surface area contributed by atoms with Crippen molar-refractivity contribution in [3.8, 4) is 12.3 Å². The normalized spacial score (nSPS) is 11.9. The first-order valence-electron chi connectivity index (χ1n) is 9.07. The largest absolute Gasteiger partial charge is 0.355 e. The van der Waals surface area contributed by atoms with Crippen molar-refractivity contribution in [1.82, 2.24) is 14.6 Å². The molecule has 3 aromatic rings. The van der Waals surface area contributed by atoms with E-state index in [9.17, 15) is 12.8 Å². The van der Waals surface area contributed by atoms with Crippen LogP contribution in [0, 0.1) is 18.2 Å². The van der Waals surface area contributed by atoms with Crippen LogP contribution in [0.25, 0.3) is 10.9 Å². The number of nitrogens with one attached hydrogen (secondary N) is 2. The number of fused-ring (bicyclic) bond motifs is 1. The van der Waals surface area contributed by atoms with Crippen molar-refractivity contribution >= 4 is 48.5 Å². The Balaban J connectivity index is 1.86. The second-order valence-corrected chi connectivity index (χ2v) is 9.99. The van der Waals surface area contributed by atoms with Gasteiger partial charge in [0.15, 0.2) is 0 Å². The molecule has 0 saturated heterocycles. The highest BCUT2D eigenvalue weighted by Gasteiger charge is 2.18. The highest BCUT2D eigenvalue weighted by molar-refractivity contribution is 9.10. The topological polar surface area (TPSA) is 65.2 Å². The quantitative estimate of drug-likeness (QED) is 0.442. The van der Waals surface area contributed by atoms with Gasteiger partial charge in [0.25, 0.3) is 0 Å². The summed E-state index contributed by atoms with van der Waals surface area (Å²) >= 11 is 9.15. The molecule has 5 nitrogen and oxygen atoms in total. The molecule has 0 aliphatic heterocycles. The minimum Gasteiger partial charge on any atom is -0.355 e. The van der Waals surface area contributed by atoms with Crippen LogP contribution in [-0.2, 0) is 23.0 Å². The van der Waals surface area contributed by atoms with E-state index in [1.54, 1.807) is 0 Å². The van der Waals surface area contributed by atoms with E-state index in [0.717, 1.165) is 11.3 Å². The first kappa shape index (κ1) is 22.8. The van der Waals surface area contributed by atoms with Crippen molar-refractivity contribution in [3.05, 3.63) is 63.0 Å². The molecule has 1 heterocycles. The predicted molar refractivity (Wildman–Crippen MR) is 121 cm³/mol. The molecule has 0 aliphatic carbocycles. The summed E-state index contributed by atoms with van der Waals surface area (Å²) in [5.74, 6) is 2.19. The first-order chi connectivity index (χ1) is 14.2. The van der Waals surface area contributed by atoms with Crippen LogP contribution in [0.4, 0.5) is 4.39 Å². The van der Waals surface area contributed by atoms with E-state index in [0.29, 0.717) is 39.9 Å². The van der Waals surface area contributed by atoms with Gasteiger partial charge in [-0.15, -0.1) is 6.42 Å². The van der Waals surface area contributed by atoms with Crippen LogP contribution in [0.5, 0.6) is 0 Å². The molecule has 0 aliphatic rings. The predicted octanol–water partition coefficient (Wildman–Crippen LogP) is 4.31. The van der Waals surface area contributed by atoms with Gasteiger partial charge in [-0.3, -0.25) is 4.90 Å². The minimum absolute atomic E-state index is 0.133. The number of halogens is 3. The molecule has 158 valence electrons. The Hall–Kier alpha value is -1.89. The van der Waals surface area contributed by atoms with Crippen molar-refractivity contribution in [1.29, 1.82) is 0 Å². The average Bonchev–Trinajstić information content (AvgIpc) is 3.00. The third-order valence-corrected chi connectivity index (χ3v) is 6.79. The number of terminal acetylenes is 1. The number of H-pyrrole nitrogens is 1. The zero-order valence-corrected chi connectivity index (χ0v) is 19.3. The van der Waals surface area contributed by atoms with E-state index < -0.39 is 10.0 Å². The van der Waals surface area contributed by atoms with Gasteiger partial charge in [-0.05, 0) is 55.4 Å². The minimum atomic E-state index is -3.68. The van der Waals surface area contributed by atoms with Crippen LogP contribution < -0.4 is 4.72 Å². The lowest BCUT2D eigenvalue weighted by atomic mass is 10.1. The van der Waals surface area contributed by atoms with E-state index in [-0.39, 0.29) is 17.3 Å². The fourth-order valence-electron chi connectivity index (χ4n) is 3.24. The number of benzene rings is 2. The molecule has 3 rings (SSSR count). The molecule has 9 heteroatoms. The van der Waals surface area contributed by atoms with Crippen LogP contribution in [0.2, 0.25) is 5.02 Å². The lowest BCUT2D eigenvalue weighted by Gasteiger charge is -2.14. The van der Waals surface area contributed by atoms with Crippen LogP contribution >= 0.6 is 27.5 Å². The second kappa shape index (κ2) is 9.50. The van der Waals surface area contributed by atoms with Crippen molar-refractivity contribution in [2.24, 2.45) is 0 Å². The maximum absolute atomic E-state index is 14.5. The lowest BCUT2D eigenvalue weighted by molar-refractivity contribution is 0.364. The maximum Gasteiger partial charge on any atom is 0.240 e. The van der Waals surface area contributed by atoms with Crippen LogP contribution in [-0.4, -0.2) is 38.4 Å². The molecule has 0 bridgehead atoms. The van der Waals surface area contributed by atoms with Gasteiger partial charge in [0, 0.05) is 33.7 Å². The molecule has 2 N–H and O–H groups in total. The molecule has 0 saturated carbocycles. The number of hydrogen-bond donors (Lipinski definition) is 2. The highest BCUT2D eigenvalue weighted by atomic mass is 79.9. The first-order valence-corrected chi connectivity index (χ1v) is 11.7. The molecule has 1 aromatic heterocycles. The van der Waals surface area contributed by atoms with Gasteiger partial charge in [-0.1, -0.05) is 33.5 Å². The number of nitrogens with zero attached hydrogens (tertiary/aromatic N) is 1. The molecular formula is C21H20BrClFN3O2S. The van der Waals surface area contributed by atoms with E-state index in [1.165, 1.54) is 30.3 Å². The molecule has 0 unspecified atom stereocenters. The molecule has 0 fully saturated rings. The Morgan fingerprint density at radius 3 is 2.67 bits per heavy atom. The van der Waals surface area contributed by atoms with Crippen molar-refractivity contribution in [2.75, 3.05) is 20.1 Å². The van der Waals surface area contributed by atoms with Crippen molar-refractivity contribution in [2.45, 2.75) is 17.9 Å². The monoisotopic (exact) mass is 511 g/mol. The third-order valence-electron chi connectivity index (χ3n) is 4.60. The van der Waals surface area contributed by atoms with E-state index in [2.05, 4.69) is 31.6 Å². The van der Waals surface area contributed by atoms with Gasteiger partial charge >= 0.3 is 0 Å². The van der Waals surface area contributed by atoms with Gasteiger partial charge in [-0.25, -0.2) is 17.5 Å². The number of aromatic amines is 1. The smallest absolute Gasteiger partial charge is 0.240 e. The zero-order chi connectivity index (χ0) is 21.9. The van der Waals surface area contributed by atoms with Gasteiger partial charge in [0.2, 0.25) is 10.0 Å². The molecule has 0 atom stereocenters. The van der Waals surface area contributed by atoms with Gasteiger partial charge in [0.05, 0.1) is 17.0 Å². The summed E-state index contributed by atoms with van der Waals surface area (Å²) in [5, 5.41) is 1.16. The fraction of sp³-hybridized carbons (Fsp3) is 0.238. The Morgan fingerprint density at radius 1 is 1.30 bits per heavy atom. The average molecular weight is 513 g/mol. The van der Waals surface area contributed by atoms with Crippen molar-refractivity contribution < 1.29 is 12.8 Å². The Labute approximate surface area is 188 Å². The summed E-state index contributed by atoms with van der Waals surface area (Å²) in [6.07, 6.45) is 5.76. The van der Waals surface area contributed by atoms with Gasteiger partial charge in [0.1, 0.15) is 5.82 Å². The summed E-state index contributed by atoms with van der Waals surface area (Å²) in [6.45, 7) is 1.07. The molecule has 0 amide bonds. The fourth-order valence-corrected chi connectivity index (χ4v) is 4.82. The zero-order valence-electron chi connectivity index (χ0n) is 16.2. The Kier molecular flexibility index (Phi) is 7.22. The SMILES string of the molecule is C#CCN(C)Cc1[nH]c2c(F)cc(Br)cc2c1CCNS(=O)(=O)c1ccc(Cl)cc1. The second-order valence-electron chi connectivity index (χ2n) is 6.87. The highest BCUT2D eigenvalue weighted by Crippen LogP contribution is 2.29. The summed E-state index contributed by atoms with van der Waals surface area (Å²) < 4.78 is 42.7. The molecule has 0 radical (unpaired) electrons. The van der Waals surface area contributed by atoms with Crippen LogP contribution in [0.3, 0.4) is 0 Å². The van der Waals surface area contributed by atoms with E-state index >= 15 is 0 Å². The Bertz CT molecular complexity index is 1200. The third kappa shape index (κ3) is 5.23. The molecule has 30 heavy (non-hydrogen) atoms. The number of rotatable bonds is 8. The van der Waals surface area contributed by atoms with Crippen LogP contribution in [0.1, 0.15) is 11.3 Å². The van der Waals surface area contributed by atoms with Gasteiger partial charge < -0.3 is 4.98 Å². The van der Waals surface area contributed by atoms with E-state index in [4.69, 9.17) is 18.0 Å². The summed E-state index contributed by atoms with van der Waals surface area (Å²) in [5.41, 5.74) is 2.02. The number of aromatic nitrogens is 1.